The molecule has 2 amide bonds. The lowest BCUT2D eigenvalue weighted by molar-refractivity contribution is -0.142. The smallest absolute Gasteiger partial charge is 0.261 e. The van der Waals surface area contributed by atoms with Crippen LogP contribution < -0.4 is 10.1 Å². The fourth-order valence-corrected chi connectivity index (χ4v) is 3.08. The maximum atomic E-state index is 12.9. The highest BCUT2D eigenvalue weighted by atomic mass is 79.9. The number of halogens is 1. The number of aryl methyl sites for hydroxylation is 1. The zero-order valence-electron chi connectivity index (χ0n) is 17.3. The Morgan fingerprint density at radius 2 is 1.66 bits per heavy atom. The lowest BCUT2D eigenvalue weighted by Gasteiger charge is -2.28. The van der Waals surface area contributed by atoms with Crippen LogP contribution in [0, 0.1) is 0 Å². The summed E-state index contributed by atoms with van der Waals surface area (Å²) in [5, 5.41) is 2.87. The quantitative estimate of drug-likeness (QED) is 0.573. The number of hydrogen-bond acceptors (Lipinski definition) is 3. The van der Waals surface area contributed by atoms with Crippen LogP contribution >= 0.6 is 15.9 Å². The first-order valence-electron chi connectivity index (χ1n) is 9.98. The summed E-state index contributed by atoms with van der Waals surface area (Å²) in [5.74, 6) is 0.249. The zero-order chi connectivity index (χ0) is 21.2. The summed E-state index contributed by atoms with van der Waals surface area (Å²) in [6.07, 6.45) is 1.79. The Morgan fingerprint density at radius 1 is 1.03 bits per heavy atom. The summed E-state index contributed by atoms with van der Waals surface area (Å²) in [6.45, 7) is 6.64. The number of hydrogen-bond donors (Lipinski definition) is 1. The Balaban J connectivity index is 2.09. The first-order valence-corrected chi connectivity index (χ1v) is 10.8. The Labute approximate surface area is 181 Å². The number of carbonyl (C=O) groups excluding carboxylic acids is 2. The molecule has 0 aliphatic carbocycles. The minimum absolute atomic E-state index is 0.118. The van der Waals surface area contributed by atoms with Gasteiger partial charge in [0.05, 0.1) is 0 Å². The van der Waals surface area contributed by atoms with E-state index in [0.29, 0.717) is 18.8 Å². The predicted molar refractivity (Wildman–Crippen MR) is 119 cm³/mol. The molecule has 0 fully saturated rings. The first kappa shape index (κ1) is 22.9. The average Bonchev–Trinajstić information content (AvgIpc) is 2.75. The molecule has 0 radical (unpaired) electrons. The predicted octanol–water partition coefficient (Wildman–Crippen LogP) is 4.33. The second-order valence-electron chi connectivity index (χ2n) is 6.90. The van der Waals surface area contributed by atoms with Gasteiger partial charge in [-0.05, 0) is 55.2 Å². The van der Waals surface area contributed by atoms with Gasteiger partial charge in [0.15, 0.2) is 6.61 Å². The minimum Gasteiger partial charge on any atom is -0.484 e. The van der Waals surface area contributed by atoms with Crippen LogP contribution in [0.25, 0.3) is 0 Å². The van der Waals surface area contributed by atoms with Gasteiger partial charge in [-0.15, -0.1) is 0 Å². The van der Waals surface area contributed by atoms with Crippen molar-refractivity contribution in [2.45, 2.75) is 46.2 Å². The Morgan fingerprint density at radius 3 is 2.24 bits per heavy atom. The van der Waals surface area contributed by atoms with Gasteiger partial charge < -0.3 is 15.0 Å². The topological polar surface area (TPSA) is 58.6 Å². The molecule has 1 N–H and O–H groups in total. The van der Waals surface area contributed by atoms with E-state index in [0.717, 1.165) is 22.9 Å². The van der Waals surface area contributed by atoms with E-state index >= 15 is 0 Å². The largest absolute Gasteiger partial charge is 0.484 e. The van der Waals surface area contributed by atoms with Crippen molar-refractivity contribution in [2.24, 2.45) is 0 Å². The Kier molecular flexibility index (Phi) is 9.19. The van der Waals surface area contributed by atoms with Gasteiger partial charge in [-0.2, -0.15) is 0 Å². The maximum absolute atomic E-state index is 12.9. The van der Waals surface area contributed by atoms with E-state index in [1.165, 1.54) is 5.56 Å². The van der Waals surface area contributed by atoms with Gasteiger partial charge in [0, 0.05) is 17.6 Å². The number of rotatable bonds is 10. The number of nitrogens with one attached hydrogen (secondary N) is 1. The molecule has 2 aromatic rings. The van der Waals surface area contributed by atoms with Crippen LogP contribution in [0.1, 0.15) is 38.3 Å². The number of benzene rings is 2. The molecule has 1 atom stereocenters. The lowest BCUT2D eigenvalue weighted by Crippen LogP contribution is -2.49. The molecule has 5 nitrogen and oxygen atoms in total. The van der Waals surface area contributed by atoms with E-state index in [4.69, 9.17) is 4.74 Å². The molecular weight excluding hydrogens is 432 g/mol. The van der Waals surface area contributed by atoms with Gasteiger partial charge in [-0.3, -0.25) is 9.59 Å². The lowest BCUT2D eigenvalue weighted by atomic mass is 10.1. The average molecular weight is 461 g/mol. The fraction of sp³-hybridized carbons (Fsp3) is 0.391. The molecule has 0 saturated heterocycles. The van der Waals surface area contributed by atoms with Crippen molar-refractivity contribution in [3.05, 3.63) is 64.1 Å². The van der Waals surface area contributed by atoms with E-state index < -0.39 is 6.04 Å². The fourth-order valence-electron chi connectivity index (χ4n) is 2.81. The van der Waals surface area contributed by atoms with Crippen molar-refractivity contribution < 1.29 is 14.3 Å². The Hall–Kier alpha value is -2.34. The number of carbonyl (C=O) groups is 2. The molecule has 6 heteroatoms. The summed E-state index contributed by atoms with van der Waals surface area (Å²) < 4.78 is 6.65. The highest BCUT2D eigenvalue weighted by Gasteiger charge is 2.26. The zero-order valence-corrected chi connectivity index (χ0v) is 18.9. The van der Waals surface area contributed by atoms with Crippen LogP contribution in [0.3, 0.4) is 0 Å². The van der Waals surface area contributed by atoms with Crippen LogP contribution in [0.2, 0.25) is 0 Å². The van der Waals surface area contributed by atoms with Crippen molar-refractivity contribution in [2.75, 3.05) is 13.2 Å². The van der Waals surface area contributed by atoms with Crippen molar-refractivity contribution in [1.29, 1.82) is 0 Å². The van der Waals surface area contributed by atoms with Gasteiger partial charge in [0.1, 0.15) is 11.8 Å². The van der Waals surface area contributed by atoms with E-state index in [9.17, 15) is 9.59 Å². The van der Waals surface area contributed by atoms with E-state index in [2.05, 4.69) is 28.2 Å². The molecule has 29 heavy (non-hydrogen) atoms. The molecule has 0 aromatic heterocycles. The third kappa shape index (κ3) is 7.20. The van der Waals surface area contributed by atoms with Gasteiger partial charge in [0.25, 0.3) is 5.91 Å². The highest BCUT2D eigenvalue weighted by molar-refractivity contribution is 9.10. The molecule has 0 bridgehead atoms. The normalized spacial score (nSPS) is 11.6. The molecular formula is C23H29BrN2O3. The standard InChI is InChI=1S/C23H29BrN2O3/c1-4-14-25-23(28)17(3)26(15-19-6-10-20(24)11-7-19)22(27)16-29-21-12-8-18(5-2)9-13-21/h6-13,17H,4-5,14-16H2,1-3H3,(H,25,28). The number of ether oxygens (including phenoxy) is 1. The summed E-state index contributed by atoms with van der Waals surface area (Å²) in [6, 6.07) is 14.8. The van der Waals surface area contributed by atoms with E-state index in [1.807, 2.05) is 55.5 Å². The van der Waals surface area contributed by atoms with Crippen LogP contribution in [0.4, 0.5) is 0 Å². The van der Waals surface area contributed by atoms with Crippen LogP contribution in [0.15, 0.2) is 53.0 Å². The van der Waals surface area contributed by atoms with Gasteiger partial charge in [-0.25, -0.2) is 0 Å². The number of nitrogens with zero attached hydrogens (tertiary/aromatic N) is 1. The third-order valence-corrected chi connectivity index (χ3v) is 5.21. The van der Waals surface area contributed by atoms with Crippen molar-refractivity contribution >= 4 is 27.7 Å². The summed E-state index contributed by atoms with van der Waals surface area (Å²) in [7, 11) is 0. The van der Waals surface area contributed by atoms with Crippen LogP contribution in [-0.2, 0) is 22.6 Å². The summed E-state index contributed by atoms with van der Waals surface area (Å²) >= 11 is 3.42. The molecule has 0 heterocycles. The van der Waals surface area contributed by atoms with Gasteiger partial charge in [-0.1, -0.05) is 54.0 Å². The molecule has 156 valence electrons. The van der Waals surface area contributed by atoms with Crippen molar-refractivity contribution in [3.63, 3.8) is 0 Å². The SMILES string of the molecule is CCCNC(=O)C(C)N(Cc1ccc(Br)cc1)C(=O)COc1ccc(CC)cc1. The molecule has 0 aliphatic rings. The second-order valence-corrected chi connectivity index (χ2v) is 7.82. The summed E-state index contributed by atoms with van der Waals surface area (Å²) in [5.41, 5.74) is 2.16. The van der Waals surface area contributed by atoms with Crippen LogP contribution in [0.5, 0.6) is 5.75 Å². The molecule has 0 spiro atoms. The minimum atomic E-state index is -0.594. The molecule has 1 unspecified atom stereocenters. The van der Waals surface area contributed by atoms with Gasteiger partial charge >= 0.3 is 0 Å². The number of amides is 2. The molecule has 0 aliphatic heterocycles. The van der Waals surface area contributed by atoms with E-state index in [-0.39, 0.29) is 18.4 Å². The molecule has 2 rings (SSSR count). The van der Waals surface area contributed by atoms with Gasteiger partial charge in [0.2, 0.25) is 5.91 Å². The second kappa shape index (κ2) is 11.6. The molecule has 0 saturated carbocycles. The van der Waals surface area contributed by atoms with Crippen molar-refractivity contribution in [3.8, 4) is 5.75 Å². The molecule has 2 aromatic carbocycles. The third-order valence-electron chi connectivity index (χ3n) is 4.68. The monoisotopic (exact) mass is 460 g/mol. The van der Waals surface area contributed by atoms with Crippen LogP contribution in [-0.4, -0.2) is 35.9 Å². The maximum Gasteiger partial charge on any atom is 0.261 e. The Bertz CT molecular complexity index is 791. The van der Waals surface area contributed by atoms with E-state index in [1.54, 1.807) is 11.8 Å². The van der Waals surface area contributed by atoms with Crippen molar-refractivity contribution in [1.82, 2.24) is 10.2 Å². The summed E-state index contributed by atoms with van der Waals surface area (Å²) in [4.78, 5) is 27.0. The first-order chi connectivity index (χ1) is 13.9. The highest BCUT2D eigenvalue weighted by Crippen LogP contribution is 2.16.